The number of hydrogen-bond acceptors (Lipinski definition) is 2. The van der Waals surface area contributed by atoms with Gasteiger partial charge in [0.15, 0.2) is 0 Å². The van der Waals surface area contributed by atoms with Crippen LogP contribution in [0.15, 0.2) is 24.3 Å². The Morgan fingerprint density at radius 3 is 1.36 bits per heavy atom. The maximum atomic E-state index is 12.2. The van der Waals surface area contributed by atoms with Crippen molar-refractivity contribution in [3.05, 3.63) is 35.4 Å². The molecule has 0 fully saturated rings. The molecular formula is C14H12F6O2. The van der Waals surface area contributed by atoms with Crippen molar-refractivity contribution in [2.45, 2.75) is 12.4 Å². The number of allylic oxidation sites excluding steroid dienone is 2. The molecular weight excluding hydrogens is 314 g/mol. The first-order valence-electron chi connectivity index (χ1n) is 5.83. The Morgan fingerprint density at radius 1 is 0.727 bits per heavy atom. The van der Waals surface area contributed by atoms with Crippen LogP contribution in [-0.4, -0.2) is 26.6 Å². The molecule has 0 aliphatic rings. The van der Waals surface area contributed by atoms with Crippen molar-refractivity contribution < 1.29 is 35.8 Å². The van der Waals surface area contributed by atoms with Gasteiger partial charge in [-0.2, -0.15) is 26.3 Å². The summed E-state index contributed by atoms with van der Waals surface area (Å²) in [6.45, 7) is 0. The molecule has 2 nitrogen and oxygen atoms in total. The lowest BCUT2D eigenvalue weighted by molar-refractivity contribution is -0.0800. The van der Waals surface area contributed by atoms with Gasteiger partial charge in [0.25, 0.3) is 0 Å². The molecule has 1 aromatic rings. The number of benzene rings is 1. The minimum absolute atomic E-state index is 0.0255. The molecule has 0 N–H and O–H groups in total. The zero-order chi connectivity index (χ0) is 17.0. The van der Waals surface area contributed by atoms with Crippen molar-refractivity contribution in [1.29, 1.82) is 0 Å². The topological polar surface area (TPSA) is 18.5 Å². The van der Waals surface area contributed by atoms with Crippen molar-refractivity contribution >= 4 is 12.2 Å². The number of methoxy groups -OCH3 is 2. The van der Waals surface area contributed by atoms with E-state index in [1.165, 1.54) is 20.3 Å². The molecule has 1 rings (SSSR count). The molecule has 0 heterocycles. The van der Waals surface area contributed by atoms with E-state index in [1.54, 1.807) is 0 Å². The van der Waals surface area contributed by atoms with Crippen LogP contribution in [0, 0.1) is 0 Å². The molecule has 0 aliphatic heterocycles. The number of alkyl halides is 6. The molecule has 1 aromatic carbocycles. The number of hydrogen-bond donors (Lipinski definition) is 0. The van der Waals surface area contributed by atoms with Gasteiger partial charge in [-0.15, -0.1) is 0 Å². The lowest BCUT2D eigenvalue weighted by Gasteiger charge is -2.11. The van der Waals surface area contributed by atoms with Crippen LogP contribution < -0.4 is 9.47 Å². The molecule has 0 saturated carbocycles. The average molecular weight is 326 g/mol. The van der Waals surface area contributed by atoms with Gasteiger partial charge in [0.05, 0.1) is 14.2 Å². The normalized spacial score (nSPS) is 13.1. The van der Waals surface area contributed by atoms with Crippen LogP contribution in [0.4, 0.5) is 26.3 Å². The van der Waals surface area contributed by atoms with E-state index in [4.69, 9.17) is 9.47 Å². The quantitative estimate of drug-likeness (QED) is 0.736. The second kappa shape index (κ2) is 6.76. The summed E-state index contributed by atoms with van der Waals surface area (Å²) < 4.78 is 83.1. The third kappa shape index (κ3) is 5.71. The Labute approximate surface area is 122 Å². The van der Waals surface area contributed by atoms with Crippen molar-refractivity contribution in [3.63, 3.8) is 0 Å². The van der Waals surface area contributed by atoms with Gasteiger partial charge in [-0.05, 0) is 18.2 Å². The summed E-state index contributed by atoms with van der Waals surface area (Å²) in [7, 11) is 2.45. The monoisotopic (exact) mass is 326 g/mol. The molecule has 22 heavy (non-hydrogen) atoms. The highest BCUT2D eigenvalue weighted by molar-refractivity contribution is 5.68. The van der Waals surface area contributed by atoms with Crippen LogP contribution in [0.3, 0.4) is 0 Å². The fraction of sp³-hybridized carbons (Fsp3) is 0.286. The molecule has 0 radical (unpaired) electrons. The van der Waals surface area contributed by atoms with Crippen molar-refractivity contribution in [2.24, 2.45) is 0 Å². The first-order chi connectivity index (χ1) is 10.1. The van der Waals surface area contributed by atoms with E-state index >= 15 is 0 Å². The van der Waals surface area contributed by atoms with Gasteiger partial charge < -0.3 is 9.47 Å². The SMILES string of the molecule is COc1cc(OC)c(/C=C\C(F)(F)F)cc1/C=C\C(F)(F)F. The Bertz CT molecular complexity index is 523. The summed E-state index contributed by atoms with van der Waals surface area (Å²) in [5, 5.41) is 0. The first-order valence-corrected chi connectivity index (χ1v) is 5.83. The van der Waals surface area contributed by atoms with Crippen LogP contribution in [-0.2, 0) is 0 Å². The van der Waals surface area contributed by atoms with Gasteiger partial charge in [0.2, 0.25) is 0 Å². The predicted molar refractivity (Wildman–Crippen MR) is 69.7 cm³/mol. The van der Waals surface area contributed by atoms with E-state index in [9.17, 15) is 26.3 Å². The van der Waals surface area contributed by atoms with Crippen LogP contribution >= 0.6 is 0 Å². The highest BCUT2D eigenvalue weighted by Crippen LogP contribution is 2.32. The van der Waals surface area contributed by atoms with E-state index < -0.39 is 12.4 Å². The van der Waals surface area contributed by atoms with E-state index in [1.807, 2.05) is 0 Å². The Balaban J connectivity index is 3.33. The largest absolute Gasteiger partial charge is 0.496 e. The molecule has 0 atom stereocenters. The molecule has 8 heteroatoms. The minimum Gasteiger partial charge on any atom is -0.496 e. The summed E-state index contributed by atoms with van der Waals surface area (Å²) >= 11 is 0. The van der Waals surface area contributed by atoms with Crippen LogP contribution in [0.2, 0.25) is 0 Å². The summed E-state index contributed by atoms with van der Waals surface area (Å²) in [5.41, 5.74) is -0.0510. The fourth-order valence-electron chi connectivity index (χ4n) is 1.58. The predicted octanol–water partition coefficient (Wildman–Crippen LogP) is 4.85. The van der Waals surface area contributed by atoms with Gasteiger partial charge in [0.1, 0.15) is 11.5 Å². The van der Waals surface area contributed by atoms with E-state index in [-0.39, 0.29) is 34.8 Å². The van der Waals surface area contributed by atoms with E-state index in [2.05, 4.69) is 0 Å². The second-order valence-corrected chi connectivity index (χ2v) is 4.09. The van der Waals surface area contributed by atoms with Crippen LogP contribution in [0.25, 0.3) is 12.2 Å². The zero-order valence-corrected chi connectivity index (χ0v) is 11.5. The third-order valence-corrected chi connectivity index (χ3v) is 2.49. The van der Waals surface area contributed by atoms with E-state index in [0.717, 1.165) is 6.07 Å². The lowest BCUT2D eigenvalue weighted by atomic mass is 10.1. The lowest BCUT2D eigenvalue weighted by Crippen LogP contribution is -2.01. The standard InChI is InChI=1S/C14H12F6O2/c1-21-11-8-12(22-2)10(4-6-14(18,19)20)7-9(11)3-5-13(15,16)17/h3-8H,1-2H3/b5-3-,6-4-. The molecule has 0 unspecified atom stereocenters. The number of ether oxygens (including phenoxy) is 2. The van der Waals surface area contributed by atoms with Gasteiger partial charge in [-0.1, -0.05) is 0 Å². The third-order valence-electron chi connectivity index (χ3n) is 2.49. The summed E-state index contributed by atoms with van der Waals surface area (Å²) in [6.07, 6.45) is -7.74. The van der Waals surface area contributed by atoms with E-state index in [0.29, 0.717) is 12.2 Å². The smallest absolute Gasteiger partial charge is 0.409 e. The van der Waals surface area contributed by atoms with Gasteiger partial charge in [-0.3, -0.25) is 0 Å². The first kappa shape index (κ1) is 17.9. The van der Waals surface area contributed by atoms with Gasteiger partial charge >= 0.3 is 12.4 Å². The second-order valence-electron chi connectivity index (χ2n) is 4.09. The molecule has 0 aromatic heterocycles. The van der Waals surface area contributed by atoms with Gasteiger partial charge in [0, 0.05) is 29.3 Å². The molecule has 0 aliphatic carbocycles. The minimum atomic E-state index is -4.55. The Morgan fingerprint density at radius 2 is 1.09 bits per heavy atom. The summed E-state index contributed by atoms with van der Waals surface area (Å²) in [5.74, 6) is 0.0861. The Hall–Kier alpha value is -2.12. The molecule has 122 valence electrons. The molecule has 0 spiro atoms. The van der Waals surface area contributed by atoms with Gasteiger partial charge in [-0.25, -0.2) is 0 Å². The van der Waals surface area contributed by atoms with Crippen molar-refractivity contribution in [3.8, 4) is 11.5 Å². The highest BCUT2D eigenvalue weighted by Gasteiger charge is 2.23. The maximum Gasteiger partial charge on any atom is 0.409 e. The summed E-state index contributed by atoms with van der Waals surface area (Å²) in [6, 6.07) is 2.33. The molecule has 0 bridgehead atoms. The number of halogens is 6. The van der Waals surface area contributed by atoms with Crippen molar-refractivity contribution in [1.82, 2.24) is 0 Å². The average Bonchev–Trinajstić information content (AvgIpc) is 2.40. The fourth-order valence-corrected chi connectivity index (χ4v) is 1.58. The maximum absolute atomic E-state index is 12.2. The zero-order valence-electron chi connectivity index (χ0n) is 11.5. The van der Waals surface area contributed by atoms with Crippen molar-refractivity contribution in [2.75, 3.05) is 14.2 Å². The number of rotatable bonds is 4. The highest BCUT2D eigenvalue weighted by atomic mass is 19.4. The Kier molecular flexibility index (Phi) is 5.51. The summed E-state index contributed by atoms with van der Waals surface area (Å²) in [4.78, 5) is 0. The molecule has 0 amide bonds. The van der Waals surface area contributed by atoms with Crippen LogP contribution in [0.1, 0.15) is 11.1 Å². The molecule has 0 saturated heterocycles. The van der Waals surface area contributed by atoms with Crippen LogP contribution in [0.5, 0.6) is 11.5 Å².